The number of halogens is 17. The van der Waals surface area contributed by atoms with Crippen LogP contribution in [0.15, 0.2) is 35.9 Å². The Bertz CT molecular complexity index is 1520. The third-order valence-electron chi connectivity index (χ3n) is 9.67. The maximum atomic E-state index is 14.9. The number of aliphatic hydroxyl groups excluding tert-OH is 1. The van der Waals surface area contributed by atoms with Crippen LogP contribution >= 0.6 is 0 Å². The summed E-state index contributed by atoms with van der Waals surface area (Å²) in [6.45, 7) is 7.81. The summed E-state index contributed by atoms with van der Waals surface area (Å²) in [5.41, 5.74) is -0.990. The van der Waals surface area contributed by atoms with Gasteiger partial charge < -0.3 is 23.7 Å². The Morgan fingerprint density at radius 1 is 0.729 bits per heavy atom. The molecule has 24 heteroatoms. The molecule has 0 saturated carbocycles. The smallest absolute Gasteiger partial charge is 0.460 e. The first-order valence-electron chi connectivity index (χ1n) is 17.6. The first-order chi connectivity index (χ1) is 26.5. The van der Waals surface area contributed by atoms with Crippen LogP contribution in [0, 0.1) is 0 Å². The number of benzene rings is 1. The van der Waals surface area contributed by atoms with Crippen LogP contribution in [0.2, 0.25) is 17.1 Å². The molecule has 0 bridgehead atoms. The molecule has 0 fully saturated rings. The molecule has 6 nitrogen and oxygen atoms in total. The number of ether oxygens (including phenoxy) is 3. The van der Waals surface area contributed by atoms with Crippen molar-refractivity contribution >= 4 is 14.3 Å². The summed E-state index contributed by atoms with van der Waals surface area (Å²) in [7, 11) is -2.60. The number of methoxy groups -OCH3 is 1. The minimum atomic E-state index is -8.68. The fraction of sp³-hybridized carbons (Fsp3) is 0.743. The zero-order valence-corrected chi connectivity index (χ0v) is 33.6. The second-order valence-electron chi connectivity index (χ2n) is 14.1. The van der Waals surface area contributed by atoms with Crippen LogP contribution in [0.3, 0.4) is 0 Å². The molecule has 59 heavy (non-hydrogen) atoms. The average Bonchev–Trinajstić information content (AvgIpc) is 3.11. The third-order valence-corrected chi connectivity index (χ3v) is 15.4. The molecule has 1 aromatic carbocycles. The van der Waals surface area contributed by atoms with Gasteiger partial charge in [0, 0.05) is 19.1 Å². The van der Waals surface area contributed by atoms with Gasteiger partial charge in [0.1, 0.15) is 18.5 Å². The molecule has 0 aliphatic carbocycles. The standard InChI is InChI=1S/C35H45F17O6Si/c1-8-56-27(54)22(6)10-9-11-25(55-7)26(53)23-12-14-24(15-13-23)57-17-18-58-59(20(2)3,21(4)5)19-16-28(36,37)29(38,39)30(40,41)31(42,43)32(44,45)33(46,47)34(48,49)35(50,51)52/h10,12-15,20-21,25-26,53H,8-9,11,16-19H2,1-7H3/b22-10+/t25-,26-/m1/s1. The van der Waals surface area contributed by atoms with Gasteiger partial charge in [0.25, 0.3) is 0 Å². The van der Waals surface area contributed by atoms with Crippen molar-refractivity contribution in [3.8, 4) is 5.75 Å². The number of rotatable bonds is 24. The Hall–Kier alpha value is -2.86. The van der Waals surface area contributed by atoms with Crippen LogP contribution in [0.25, 0.3) is 0 Å². The molecule has 2 atom stereocenters. The zero-order chi connectivity index (χ0) is 46.4. The van der Waals surface area contributed by atoms with Gasteiger partial charge in [-0.3, -0.25) is 0 Å². The number of hydrogen-bond donors (Lipinski definition) is 1. The van der Waals surface area contributed by atoms with Crippen molar-refractivity contribution in [1.82, 2.24) is 0 Å². The largest absolute Gasteiger partial charge is 0.491 e. The van der Waals surface area contributed by atoms with E-state index in [2.05, 4.69) is 0 Å². The van der Waals surface area contributed by atoms with Gasteiger partial charge in [-0.15, -0.1) is 0 Å². The molecule has 1 N–H and O–H groups in total. The molecule has 0 saturated heterocycles. The third kappa shape index (κ3) is 10.8. The fourth-order valence-corrected chi connectivity index (χ4v) is 10.4. The van der Waals surface area contributed by atoms with Crippen LogP contribution in [-0.2, 0) is 18.7 Å². The lowest BCUT2D eigenvalue weighted by Crippen LogP contribution is -2.74. The molecule has 0 aromatic heterocycles. The predicted molar refractivity (Wildman–Crippen MR) is 179 cm³/mol. The lowest BCUT2D eigenvalue weighted by atomic mass is 9.88. The predicted octanol–water partition coefficient (Wildman–Crippen LogP) is 11.6. The van der Waals surface area contributed by atoms with Crippen molar-refractivity contribution in [1.29, 1.82) is 0 Å². The molecular weight excluding hydrogens is 867 g/mol. The van der Waals surface area contributed by atoms with Gasteiger partial charge in [-0.05, 0) is 61.5 Å². The quantitative estimate of drug-likeness (QED) is 0.0366. The van der Waals surface area contributed by atoms with Gasteiger partial charge in [-0.1, -0.05) is 45.9 Å². The Balaban J connectivity index is 3.17. The van der Waals surface area contributed by atoms with Gasteiger partial charge in [-0.2, -0.15) is 74.6 Å². The lowest BCUT2D eigenvalue weighted by Gasteiger charge is -2.44. The molecule has 1 aromatic rings. The SMILES string of the molecule is CCOC(=O)/C(C)=C/CC[C@@H](OC)[C@H](O)c1ccc(OCCO[Si](CCC(F)(F)C(F)(F)C(F)(F)C(F)(F)C(F)(F)C(F)(F)C(F)(F)C(F)(F)F)(C(C)C)C(C)C)cc1. The minimum Gasteiger partial charge on any atom is -0.491 e. The van der Waals surface area contributed by atoms with Crippen molar-refractivity contribution in [2.24, 2.45) is 0 Å². The van der Waals surface area contributed by atoms with Crippen LogP contribution in [0.1, 0.15) is 72.5 Å². The summed E-state index contributed by atoms with van der Waals surface area (Å²) in [4.78, 5) is 11.8. The Labute approximate surface area is 329 Å². The summed E-state index contributed by atoms with van der Waals surface area (Å²) in [5, 5.41) is 10.8. The maximum absolute atomic E-state index is 14.9. The van der Waals surface area contributed by atoms with Crippen molar-refractivity contribution in [3.63, 3.8) is 0 Å². The molecular formula is C35H45F17O6Si. The topological polar surface area (TPSA) is 74.2 Å². The monoisotopic (exact) mass is 912 g/mol. The number of allylic oxidation sites excluding steroid dienone is 1. The molecule has 1 rings (SSSR count). The van der Waals surface area contributed by atoms with Crippen LogP contribution in [0.5, 0.6) is 5.75 Å². The summed E-state index contributed by atoms with van der Waals surface area (Å²) < 4.78 is 256. The molecule has 0 aliphatic heterocycles. The van der Waals surface area contributed by atoms with E-state index in [0.29, 0.717) is 24.0 Å². The van der Waals surface area contributed by atoms with Crippen LogP contribution < -0.4 is 4.74 Å². The second-order valence-corrected chi connectivity index (χ2v) is 19.1. The van der Waals surface area contributed by atoms with E-state index in [1.807, 2.05) is 0 Å². The molecule has 0 amide bonds. The Morgan fingerprint density at radius 2 is 1.19 bits per heavy atom. The van der Waals surface area contributed by atoms with Crippen LogP contribution in [0.4, 0.5) is 74.6 Å². The molecule has 0 aliphatic rings. The molecule has 0 radical (unpaired) electrons. The first kappa shape index (κ1) is 54.2. The van der Waals surface area contributed by atoms with Crippen molar-refractivity contribution in [3.05, 3.63) is 41.5 Å². The highest BCUT2D eigenvalue weighted by molar-refractivity contribution is 6.76. The van der Waals surface area contributed by atoms with Gasteiger partial charge in [0.05, 0.1) is 19.3 Å². The van der Waals surface area contributed by atoms with Gasteiger partial charge in [0.15, 0.2) is 8.32 Å². The van der Waals surface area contributed by atoms with E-state index in [4.69, 9.17) is 18.6 Å². The van der Waals surface area contributed by atoms with E-state index in [1.54, 1.807) is 19.9 Å². The fourth-order valence-electron chi connectivity index (χ4n) is 5.92. The minimum absolute atomic E-state index is 0.151. The van der Waals surface area contributed by atoms with Crippen molar-refractivity contribution in [2.45, 2.75) is 138 Å². The van der Waals surface area contributed by atoms with Gasteiger partial charge in [-0.25, -0.2) is 4.79 Å². The highest BCUT2D eigenvalue weighted by atomic mass is 28.4. The van der Waals surface area contributed by atoms with E-state index in [0.717, 1.165) is 0 Å². The van der Waals surface area contributed by atoms with Gasteiger partial charge in [0.2, 0.25) is 0 Å². The molecule has 0 spiro atoms. The lowest BCUT2D eigenvalue weighted by molar-refractivity contribution is -0.461. The van der Waals surface area contributed by atoms with E-state index >= 15 is 0 Å². The highest BCUT2D eigenvalue weighted by Crippen LogP contribution is 2.64. The van der Waals surface area contributed by atoms with E-state index in [9.17, 15) is 84.5 Å². The first-order valence-corrected chi connectivity index (χ1v) is 19.9. The number of aliphatic hydroxyl groups is 1. The zero-order valence-electron chi connectivity index (χ0n) is 32.6. The molecule has 0 unspecified atom stereocenters. The molecule has 344 valence electrons. The number of carbonyl (C=O) groups excluding carboxylic acids is 1. The van der Waals surface area contributed by atoms with Gasteiger partial charge >= 0.3 is 53.6 Å². The van der Waals surface area contributed by atoms with Crippen molar-refractivity contribution < 1.29 is 103 Å². The summed E-state index contributed by atoms with van der Waals surface area (Å²) >= 11 is 0. The summed E-state index contributed by atoms with van der Waals surface area (Å²) in [6.07, 6.45) is -9.98. The average molecular weight is 913 g/mol. The van der Waals surface area contributed by atoms with Crippen molar-refractivity contribution in [2.75, 3.05) is 26.9 Å². The Kier molecular flexibility index (Phi) is 17.9. The van der Waals surface area contributed by atoms with E-state index in [1.165, 1.54) is 59.1 Å². The summed E-state index contributed by atoms with van der Waals surface area (Å²) in [6, 6.07) is 4.39. The normalized spacial score (nSPS) is 15.8. The van der Waals surface area contributed by atoms with E-state index < -0.39 is 104 Å². The maximum Gasteiger partial charge on any atom is 0.460 e. The number of hydrogen-bond acceptors (Lipinski definition) is 6. The Morgan fingerprint density at radius 3 is 1.61 bits per heavy atom. The molecule has 0 heterocycles. The summed E-state index contributed by atoms with van der Waals surface area (Å²) in [5.74, 6) is -57.1. The van der Waals surface area contributed by atoms with E-state index in [-0.39, 0.29) is 19.0 Å². The highest BCUT2D eigenvalue weighted by Gasteiger charge is 2.95. The number of carbonyl (C=O) groups is 1. The van der Waals surface area contributed by atoms with Crippen LogP contribution in [-0.4, -0.2) is 100 Å². The second kappa shape index (κ2) is 19.5. The number of alkyl halides is 17. The number of esters is 1.